The Morgan fingerprint density at radius 3 is 1.85 bits per heavy atom. The molecule has 0 amide bonds. The van der Waals surface area contributed by atoms with Crippen LogP contribution in [0.4, 0.5) is 4.39 Å². The van der Waals surface area contributed by atoms with E-state index in [-0.39, 0.29) is 5.95 Å². The van der Waals surface area contributed by atoms with Gasteiger partial charge in [0.15, 0.2) is 0 Å². The van der Waals surface area contributed by atoms with Gasteiger partial charge in [0.05, 0.1) is 0 Å². The SMILES string of the molecule is FC(=C(c1ccccc1)c1ccccc1)n1ccnc1. The Morgan fingerprint density at radius 1 is 0.850 bits per heavy atom. The lowest BCUT2D eigenvalue weighted by Crippen LogP contribution is -1.96. The third-order valence-electron chi connectivity index (χ3n) is 3.06. The summed E-state index contributed by atoms with van der Waals surface area (Å²) in [5.41, 5.74) is 2.24. The quantitative estimate of drug-likeness (QED) is 0.692. The van der Waals surface area contributed by atoms with E-state index in [4.69, 9.17) is 0 Å². The highest BCUT2D eigenvalue weighted by Crippen LogP contribution is 2.29. The average molecular weight is 264 g/mol. The molecule has 1 heterocycles. The van der Waals surface area contributed by atoms with Gasteiger partial charge in [-0.1, -0.05) is 60.7 Å². The summed E-state index contributed by atoms with van der Waals surface area (Å²) >= 11 is 0. The summed E-state index contributed by atoms with van der Waals surface area (Å²) < 4.78 is 16.2. The highest BCUT2D eigenvalue weighted by atomic mass is 19.1. The molecule has 0 fully saturated rings. The van der Waals surface area contributed by atoms with E-state index in [9.17, 15) is 4.39 Å². The predicted molar refractivity (Wildman–Crippen MR) is 78.4 cm³/mol. The van der Waals surface area contributed by atoms with Crippen LogP contribution in [-0.2, 0) is 0 Å². The van der Waals surface area contributed by atoms with Crippen LogP contribution in [0.2, 0.25) is 0 Å². The van der Waals surface area contributed by atoms with Gasteiger partial charge in [0.25, 0.3) is 0 Å². The van der Waals surface area contributed by atoms with Gasteiger partial charge in [-0.05, 0) is 11.1 Å². The van der Waals surface area contributed by atoms with E-state index in [1.165, 1.54) is 10.9 Å². The zero-order chi connectivity index (χ0) is 13.8. The van der Waals surface area contributed by atoms with Crippen molar-refractivity contribution in [3.05, 3.63) is 90.5 Å². The predicted octanol–water partition coefficient (Wildman–Crippen LogP) is 4.23. The van der Waals surface area contributed by atoms with Crippen molar-refractivity contribution in [2.45, 2.75) is 0 Å². The summed E-state index contributed by atoms with van der Waals surface area (Å²) in [5.74, 6) is -0.333. The molecule has 3 rings (SSSR count). The number of nitrogens with zero attached hydrogens (tertiary/aromatic N) is 2. The largest absolute Gasteiger partial charge is 0.282 e. The maximum absolute atomic E-state index is 14.8. The van der Waals surface area contributed by atoms with Crippen LogP contribution in [0.3, 0.4) is 0 Å². The van der Waals surface area contributed by atoms with Crippen molar-refractivity contribution in [3.8, 4) is 0 Å². The maximum atomic E-state index is 14.8. The van der Waals surface area contributed by atoms with Crippen LogP contribution in [0.25, 0.3) is 11.5 Å². The van der Waals surface area contributed by atoms with Gasteiger partial charge in [-0.25, -0.2) is 4.98 Å². The normalized spacial score (nSPS) is 10.2. The Hall–Kier alpha value is -2.68. The van der Waals surface area contributed by atoms with E-state index in [0.29, 0.717) is 5.57 Å². The molecule has 0 radical (unpaired) electrons. The standard InChI is InChI=1S/C17H13FN2/c18-17(20-12-11-19-13-20)16(14-7-3-1-4-8-14)15-9-5-2-6-10-15/h1-13H. The fraction of sp³-hybridized carbons (Fsp3) is 0. The topological polar surface area (TPSA) is 17.8 Å². The highest BCUT2D eigenvalue weighted by molar-refractivity contribution is 5.90. The van der Waals surface area contributed by atoms with E-state index in [0.717, 1.165) is 11.1 Å². The van der Waals surface area contributed by atoms with Crippen molar-refractivity contribution in [3.63, 3.8) is 0 Å². The molecule has 0 aliphatic heterocycles. The summed E-state index contributed by atoms with van der Waals surface area (Å²) in [6.45, 7) is 0. The molecule has 1 aromatic heterocycles. The number of rotatable bonds is 3. The first-order chi connectivity index (χ1) is 9.86. The summed E-state index contributed by atoms with van der Waals surface area (Å²) in [5, 5.41) is 0. The number of hydrogen-bond acceptors (Lipinski definition) is 1. The molecule has 2 aromatic carbocycles. The van der Waals surface area contributed by atoms with Crippen molar-refractivity contribution in [1.29, 1.82) is 0 Å². The van der Waals surface area contributed by atoms with Gasteiger partial charge in [0.1, 0.15) is 6.33 Å². The van der Waals surface area contributed by atoms with Crippen molar-refractivity contribution in [1.82, 2.24) is 9.55 Å². The van der Waals surface area contributed by atoms with Gasteiger partial charge in [0.2, 0.25) is 5.95 Å². The van der Waals surface area contributed by atoms with Gasteiger partial charge < -0.3 is 0 Å². The zero-order valence-electron chi connectivity index (χ0n) is 10.8. The summed E-state index contributed by atoms with van der Waals surface area (Å²) in [7, 11) is 0. The van der Waals surface area contributed by atoms with Gasteiger partial charge in [0, 0.05) is 18.0 Å². The van der Waals surface area contributed by atoms with Gasteiger partial charge in [-0.3, -0.25) is 4.57 Å². The Balaban J connectivity index is 2.22. The van der Waals surface area contributed by atoms with Gasteiger partial charge in [-0.15, -0.1) is 0 Å². The Morgan fingerprint density at radius 2 is 1.40 bits per heavy atom. The minimum atomic E-state index is -0.333. The first-order valence-electron chi connectivity index (χ1n) is 6.35. The van der Waals surface area contributed by atoms with Crippen LogP contribution in [0.15, 0.2) is 79.4 Å². The van der Waals surface area contributed by atoms with Gasteiger partial charge in [-0.2, -0.15) is 4.39 Å². The second kappa shape index (κ2) is 5.53. The number of imidazole rings is 1. The molecule has 2 nitrogen and oxygen atoms in total. The van der Waals surface area contributed by atoms with Crippen LogP contribution in [0.1, 0.15) is 11.1 Å². The van der Waals surface area contributed by atoms with E-state index in [1.54, 1.807) is 12.4 Å². The fourth-order valence-corrected chi connectivity index (χ4v) is 2.12. The Kier molecular flexibility index (Phi) is 3.42. The van der Waals surface area contributed by atoms with Crippen molar-refractivity contribution in [2.24, 2.45) is 0 Å². The van der Waals surface area contributed by atoms with E-state index >= 15 is 0 Å². The lowest BCUT2D eigenvalue weighted by Gasteiger charge is -2.11. The highest BCUT2D eigenvalue weighted by Gasteiger charge is 2.13. The van der Waals surface area contributed by atoms with Gasteiger partial charge >= 0.3 is 0 Å². The molecule has 0 bridgehead atoms. The summed E-state index contributed by atoms with van der Waals surface area (Å²) in [4.78, 5) is 3.90. The van der Waals surface area contributed by atoms with Crippen molar-refractivity contribution >= 4 is 11.5 Å². The molecule has 0 saturated heterocycles. The first-order valence-corrected chi connectivity index (χ1v) is 6.35. The molecule has 0 atom stereocenters. The first kappa shape index (κ1) is 12.4. The molecular formula is C17H13FN2. The van der Waals surface area contributed by atoms with Crippen LogP contribution >= 0.6 is 0 Å². The van der Waals surface area contributed by atoms with Crippen LogP contribution in [-0.4, -0.2) is 9.55 Å². The lowest BCUT2D eigenvalue weighted by atomic mass is 9.98. The van der Waals surface area contributed by atoms with E-state index in [1.807, 2.05) is 60.7 Å². The monoisotopic (exact) mass is 264 g/mol. The molecule has 0 aliphatic rings. The zero-order valence-corrected chi connectivity index (χ0v) is 10.8. The Labute approximate surface area is 116 Å². The molecular weight excluding hydrogens is 251 g/mol. The minimum absolute atomic E-state index is 0.333. The van der Waals surface area contributed by atoms with Crippen LogP contribution < -0.4 is 0 Å². The van der Waals surface area contributed by atoms with Crippen molar-refractivity contribution < 1.29 is 4.39 Å². The Bertz CT molecular complexity index is 660. The fourth-order valence-electron chi connectivity index (χ4n) is 2.12. The van der Waals surface area contributed by atoms with E-state index in [2.05, 4.69) is 4.98 Å². The molecule has 0 saturated carbocycles. The molecule has 0 N–H and O–H groups in total. The number of aromatic nitrogens is 2. The molecule has 0 aliphatic carbocycles. The molecule has 3 aromatic rings. The minimum Gasteiger partial charge on any atom is -0.282 e. The van der Waals surface area contributed by atoms with Crippen LogP contribution in [0, 0.1) is 0 Å². The smallest absolute Gasteiger partial charge is 0.207 e. The summed E-state index contributed by atoms with van der Waals surface area (Å²) in [6, 6.07) is 19.1. The molecule has 3 heteroatoms. The molecule has 98 valence electrons. The molecule has 20 heavy (non-hydrogen) atoms. The molecule has 0 spiro atoms. The van der Waals surface area contributed by atoms with Crippen molar-refractivity contribution in [2.75, 3.05) is 0 Å². The molecule has 0 unspecified atom stereocenters. The lowest BCUT2D eigenvalue weighted by molar-refractivity contribution is 0.690. The third kappa shape index (κ3) is 2.38. The second-order valence-electron chi connectivity index (χ2n) is 4.37. The number of hydrogen-bond donors (Lipinski definition) is 0. The third-order valence-corrected chi connectivity index (χ3v) is 3.06. The van der Waals surface area contributed by atoms with Crippen LogP contribution in [0.5, 0.6) is 0 Å². The van der Waals surface area contributed by atoms with E-state index < -0.39 is 0 Å². The second-order valence-corrected chi connectivity index (χ2v) is 4.37. The average Bonchev–Trinajstić information content (AvgIpc) is 3.04. The summed E-state index contributed by atoms with van der Waals surface area (Å²) in [6.07, 6.45) is 4.62. The number of halogens is 1. The number of benzene rings is 2. The maximum Gasteiger partial charge on any atom is 0.207 e.